The molecule has 26 heavy (non-hydrogen) atoms. The van der Waals surface area contributed by atoms with Crippen molar-refractivity contribution in [3.05, 3.63) is 35.0 Å². The van der Waals surface area contributed by atoms with E-state index in [2.05, 4.69) is 14.9 Å². The molecule has 0 atom stereocenters. The summed E-state index contributed by atoms with van der Waals surface area (Å²) >= 11 is 1.59. The van der Waals surface area contributed by atoms with Gasteiger partial charge in [-0.1, -0.05) is 11.8 Å². The van der Waals surface area contributed by atoms with Crippen LogP contribution >= 0.6 is 11.8 Å². The maximum atomic E-state index is 12.7. The molecule has 0 unspecified atom stereocenters. The minimum absolute atomic E-state index is 0.126. The SMILES string of the molecule is NC(=O)c1cccnc1N1CCN(C(=O)CC2=CSC3=NCCN23)CC1. The number of primary amides is 1. The second-order valence-electron chi connectivity index (χ2n) is 6.33. The summed E-state index contributed by atoms with van der Waals surface area (Å²) in [4.78, 5) is 39.0. The van der Waals surface area contributed by atoms with Crippen molar-refractivity contribution in [3.63, 3.8) is 0 Å². The molecule has 136 valence electrons. The fourth-order valence-corrected chi connectivity index (χ4v) is 4.34. The normalized spacial score (nSPS) is 19.3. The predicted octanol–water partition coefficient (Wildman–Crippen LogP) is 0.479. The molecule has 0 spiro atoms. The van der Waals surface area contributed by atoms with Gasteiger partial charge >= 0.3 is 0 Å². The van der Waals surface area contributed by atoms with E-state index >= 15 is 0 Å². The summed E-state index contributed by atoms with van der Waals surface area (Å²) < 4.78 is 0. The highest BCUT2D eigenvalue weighted by molar-refractivity contribution is 8.16. The third kappa shape index (κ3) is 3.14. The number of carbonyl (C=O) groups is 2. The summed E-state index contributed by atoms with van der Waals surface area (Å²) in [5.41, 5.74) is 6.90. The van der Waals surface area contributed by atoms with Crippen LogP contribution in [0.5, 0.6) is 0 Å². The van der Waals surface area contributed by atoms with Crippen LogP contribution in [0.4, 0.5) is 5.82 Å². The number of amides is 2. The van der Waals surface area contributed by atoms with Crippen LogP contribution in [0.2, 0.25) is 0 Å². The molecule has 3 aliphatic rings. The van der Waals surface area contributed by atoms with Crippen molar-refractivity contribution < 1.29 is 9.59 Å². The number of hydrogen-bond donors (Lipinski definition) is 1. The van der Waals surface area contributed by atoms with E-state index in [1.54, 1.807) is 30.1 Å². The zero-order chi connectivity index (χ0) is 18.1. The van der Waals surface area contributed by atoms with Gasteiger partial charge in [-0.25, -0.2) is 4.98 Å². The van der Waals surface area contributed by atoms with Crippen molar-refractivity contribution in [2.45, 2.75) is 6.42 Å². The zero-order valence-electron chi connectivity index (χ0n) is 14.3. The first kappa shape index (κ1) is 16.9. The largest absolute Gasteiger partial charge is 0.365 e. The number of fused-ring (bicyclic) bond motifs is 1. The number of nitrogens with zero attached hydrogens (tertiary/aromatic N) is 5. The van der Waals surface area contributed by atoms with Gasteiger partial charge in [0.1, 0.15) is 5.82 Å². The summed E-state index contributed by atoms with van der Waals surface area (Å²) in [6, 6.07) is 3.38. The fraction of sp³-hybridized carbons (Fsp3) is 0.412. The summed E-state index contributed by atoms with van der Waals surface area (Å²) in [5, 5.41) is 3.03. The van der Waals surface area contributed by atoms with Crippen LogP contribution in [-0.2, 0) is 4.79 Å². The molecule has 8 nitrogen and oxygen atoms in total. The van der Waals surface area contributed by atoms with Crippen LogP contribution in [0.25, 0.3) is 0 Å². The molecular weight excluding hydrogens is 352 g/mol. The zero-order valence-corrected chi connectivity index (χ0v) is 15.1. The first-order valence-electron chi connectivity index (χ1n) is 8.59. The minimum Gasteiger partial charge on any atom is -0.365 e. The van der Waals surface area contributed by atoms with Gasteiger partial charge in [-0.2, -0.15) is 0 Å². The first-order chi connectivity index (χ1) is 12.6. The molecule has 0 bridgehead atoms. The van der Waals surface area contributed by atoms with Gasteiger partial charge < -0.3 is 20.4 Å². The van der Waals surface area contributed by atoms with E-state index in [4.69, 9.17) is 5.73 Å². The maximum absolute atomic E-state index is 12.7. The summed E-state index contributed by atoms with van der Waals surface area (Å²) in [6.07, 6.45) is 2.06. The average molecular weight is 372 g/mol. The highest BCUT2D eigenvalue weighted by Gasteiger charge is 2.30. The number of thioether (sulfide) groups is 1. The van der Waals surface area contributed by atoms with Crippen molar-refractivity contribution in [2.24, 2.45) is 10.7 Å². The number of carbonyl (C=O) groups excluding carboxylic acids is 2. The number of piperazine rings is 1. The summed E-state index contributed by atoms with van der Waals surface area (Å²) in [6.45, 7) is 4.15. The van der Waals surface area contributed by atoms with Crippen LogP contribution in [0.15, 0.2) is 34.4 Å². The molecular formula is C17H20N6O2S. The Morgan fingerprint density at radius 1 is 1.19 bits per heavy atom. The van der Waals surface area contributed by atoms with Crippen molar-refractivity contribution in [1.29, 1.82) is 0 Å². The molecule has 0 saturated carbocycles. The van der Waals surface area contributed by atoms with Gasteiger partial charge in [0, 0.05) is 44.6 Å². The average Bonchev–Trinajstić information content (AvgIpc) is 3.27. The van der Waals surface area contributed by atoms with Crippen molar-refractivity contribution in [2.75, 3.05) is 44.2 Å². The van der Waals surface area contributed by atoms with Crippen LogP contribution < -0.4 is 10.6 Å². The summed E-state index contributed by atoms with van der Waals surface area (Å²) in [5.74, 6) is 0.237. The quantitative estimate of drug-likeness (QED) is 0.826. The predicted molar refractivity (Wildman–Crippen MR) is 101 cm³/mol. The second kappa shape index (κ2) is 6.99. The first-order valence-corrected chi connectivity index (χ1v) is 9.46. The van der Waals surface area contributed by atoms with Gasteiger partial charge in [0.25, 0.3) is 5.91 Å². The topological polar surface area (TPSA) is 95.1 Å². The molecule has 1 fully saturated rings. The number of aromatic nitrogens is 1. The molecule has 1 saturated heterocycles. The second-order valence-corrected chi connectivity index (χ2v) is 7.16. The Hall–Kier alpha value is -2.55. The highest BCUT2D eigenvalue weighted by Crippen LogP contribution is 2.31. The van der Waals surface area contributed by atoms with E-state index in [1.165, 1.54) is 0 Å². The molecule has 0 aliphatic carbocycles. The molecule has 4 rings (SSSR count). The Labute approximate surface area is 155 Å². The van der Waals surface area contributed by atoms with Gasteiger partial charge in [-0.3, -0.25) is 14.6 Å². The Morgan fingerprint density at radius 3 is 2.77 bits per heavy atom. The van der Waals surface area contributed by atoms with Gasteiger partial charge in [0.2, 0.25) is 5.91 Å². The highest BCUT2D eigenvalue weighted by atomic mass is 32.2. The van der Waals surface area contributed by atoms with Crippen molar-refractivity contribution in [3.8, 4) is 0 Å². The Bertz CT molecular complexity index is 800. The standard InChI is InChI=1S/C17H20N6O2S/c18-15(25)13-2-1-3-19-16(13)22-8-6-21(7-9-22)14(24)10-12-11-26-17-20-4-5-23(12)17/h1-3,11H,4-10H2,(H2,18,25). The van der Waals surface area contributed by atoms with Gasteiger partial charge in [0.05, 0.1) is 18.5 Å². The lowest BCUT2D eigenvalue weighted by Crippen LogP contribution is -2.49. The molecule has 1 aromatic rings. The van der Waals surface area contributed by atoms with Crippen LogP contribution in [0, 0.1) is 0 Å². The number of hydrogen-bond acceptors (Lipinski definition) is 7. The molecule has 3 aliphatic heterocycles. The Morgan fingerprint density at radius 2 is 2.00 bits per heavy atom. The van der Waals surface area contributed by atoms with Crippen LogP contribution in [0.1, 0.15) is 16.8 Å². The van der Waals surface area contributed by atoms with Crippen LogP contribution in [0.3, 0.4) is 0 Å². The third-order valence-electron chi connectivity index (χ3n) is 4.77. The number of amidine groups is 1. The van der Waals surface area contributed by atoms with E-state index < -0.39 is 5.91 Å². The number of aliphatic imine (C=N–C) groups is 1. The molecule has 0 aromatic carbocycles. The third-order valence-corrected chi connectivity index (χ3v) is 5.72. The van der Waals surface area contributed by atoms with Gasteiger partial charge in [0.15, 0.2) is 5.17 Å². The van der Waals surface area contributed by atoms with Crippen LogP contribution in [-0.4, -0.2) is 71.0 Å². The van der Waals surface area contributed by atoms with E-state index in [0.717, 1.165) is 24.0 Å². The molecule has 4 heterocycles. The summed E-state index contributed by atoms with van der Waals surface area (Å²) in [7, 11) is 0. The monoisotopic (exact) mass is 372 g/mol. The number of rotatable bonds is 4. The lowest BCUT2D eigenvalue weighted by atomic mass is 10.2. The molecule has 9 heteroatoms. The van der Waals surface area contributed by atoms with Crippen molar-refractivity contribution in [1.82, 2.24) is 14.8 Å². The molecule has 1 aromatic heterocycles. The molecule has 2 amide bonds. The lowest BCUT2D eigenvalue weighted by molar-refractivity contribution is -0.130. The van der Waals surface area contributed by atoms with E-state index in [-0.39, 0.29) is 5.91 Å². The van der Waals surface area contributed by atoms with E-state index in [1.807, 2.05) is 15.2 Å². The maximum Gasteiger partial charge on any atom is 0.252 e. The van der Waals surface area contributed by atoms with Gasteiger partial charge in [-0.15, -0.1) is 0 Å². The number of nitrogens with two attached hydrogens (primary N) is 1. The van der Waals surface area contributed by atoms with E-state index in [0.29, 0.717) is 44.0 Å². The molecule has 0 radical (unpaired) electrons. The number of pyridine rings is 1. The van der Waals surface area contributed by atoms with Gasteiger partial charge in [-0.05, 0) is 17.5 Å². The van der Waals surface area contributed by atoms with E-state index in [9.17, 15) is 9.59 Å². The smallest absolute Gasteiger partial charge is 0.252 e. The molecule has 2 N–H and O–H groups in total. The number of anilines is 1. The fourth-order valence-electron chi connectivity index (χ4n) is 3.39. The van der Waals surface area contributed by atoms with Crippen molar-refractivity contribution >= 4 is 34.6 Å². The minimum atomic E-state index is -0.486. The Kier molecular flexibility index (Phi) is 4.54. The lowest BCUT2D eigenvalue weighted by Gasteiger charge is -2.36. The Balaban J connectivity index is 1.36.